The second-order valence-corrected chi connectivity index (χ2v) is 4.77. The fourth-order valence-electron chi connectivity index (χ4n) is 1.50. The molecule has 0 atom stereocenters. The number of nitro groups is 1. The molecule has 1 aromatic carbocycles. The van der Waals surface area contributed by atoms with Crippen LogP contribution in [-0.4, -0.2) is 36.5 Å². The van der Waals surface area contributed by atoms with Gasteiger partial charge in [-0.2, -0.15) is 5.10 Å². The lowest BCUT2D eigenvalue weighted by molar-refractivity contribution is -0.384. The quantitative estimate of drug-likeness (QED) is 0.506. The monoisotopic (exact) mass is 294 g/mol. The third-order valence-electron chi connectivity index (χ3n) is 2.36. The molecule has 0 saturated carbocycles. The average Bonchev–Trinajstić information content (AvgIpc) is 2.78. The predicted octanol–water partition coefficient (Wildman–Crippen LogP) is 1.57. The maximum absolute atomic E-state index is 10.7. The number of non-ortho nitro benzene ring substituents is 1. The summed E-state index contributed by atoms with van der Waals surface area (Å²) in [6.07, 6.45) is 0. The van der Waals surface area contributed by atoms with Crippen LogP contribution in [0.4, 0.5) is 5.69 Å². The first-order valence-corrected chi connectivity index (χ1v) is 6.46. The number of hydrogen-bond acceptors (Lipinski definition) is 6. The van der Waals surface area contributed by atoms with E-state index < -0.39 is 10.9 Å². The van der Waals surface area contributed by atoms with Crippen LogP contribution in [0.15, 0.2) is 29.4 Å². The summed E-state index contributed by atoms with van der Waals surface area (Å²) in [5, 5.41) is 23.9. The molecule has 8 nitrogen and oxygen atoms in total. The standard InChI is InChI=1S/C11H10N4O4S/c1-14-11(20-6-9(16)17)12-10(13-14)7-3-2-4-8(5-7)15(18)19/h2-5H,6H2,1H3,(H,16,17). The first-order valence-electron chi connectivity index (χ1n) is 5.48. The third-order valence-corrected chi connectivity index (χ3v) is 3.37. The van der Waals surface area contributed by atoms with Crippen LogP contribution in [0.1, 0.15) is 0 Å². The molecule has 0 saturated heterocycles. The van der Waals surface area contributed by atoms with Gasteiger partial charge in [0.25, 0.3) is 5.69 Å². The second kappa shape index (κ2) is 5.70. The van der Waals surface area contributed by atoms with E-state index in [0.29, 0.717) is 16.5 Å². The summed E-state index contributed by atoms with van der Waals surface area (Å²) >= 11 is 1.04. The van der Waals surface area contributed by atoms with Gasteiger partial charge in [-0.1, -0.05) is 23.9 Å². The predicted molar refractivity (Wildman–Crippen MR) is 71.5 cm³/mol. The van der Waals surface area contributed by atoms with Crippen molar-refractivity contribution in [3.8, 4) is 11.4 Å². The van der Waals surface area contributed by atoms with E-state index in [1.807, 2.05) is 0 Å². The van der Waals surface area contributed by atoms with Crippen LogP contribution < -0.4 is 0 Å². The highest BCUT2D eigenvalue weighted by Crippen LogP contribution is 2.23. The van der Waals surface area contributed by atoms with Gasteiger partial charge in [-0.25, -0.2) is 9.67 Å². The van der Waals surface area contributed by atoms with Gasteiger partial charge in [-0.15, -0.1) is 0 Å². The molecule has 0 spiro atoms. The Kier molecular flexibility index (Phi) is 3.99. The number of carbonyl (C=O) groups is 1. The highest BCUT2D eigenvalue weighted by Gasteiger charge is 2.13. The number of aryl methyl sites for hydroxylation is 1. The molecule has 0 aliphatic heterocycles. The van der Waals surface area contributed by atoms with Crippen LogP contribution in [0.25, 0.3) is 11.4 Å². The summed E-state index contributed by atoms with van der Waals surface area (Å²) in [5.74, 6) is -0.750. The minimum Gasteiger partial charge on any atom is -0.481 e. The molecule has 0 aliphatic carbocycles. The minimum absolute atomic E-state index is 0.0466. The van der Waals surface area contributed by atoms with Crippen molar-refractivity contribution < 1.29 is 14.8 Å². The van der Waals surface area contributed by atoms with E-state index in [9.17, 15) is 14.9 Å². The number of carboxylic acids is 1. The number of rotatable bonds is 5. The molecule has 0 unspecified atom stereocenters. The van der Waals surface area contributed by atoms with Crippen molar-refractivity contribution in [2.75, 3.05) is 5.75 Å². The van der Waals surface area contributed by atoms with Crippen molar-refractivity contribution >= 4 is 23.4 Å². The maximum atomic E-state index is 10.7. The van der Waals surface area contributed by atoms with Gasteiger partial charge in [0.2, 0.25) is 0 Å². The SMILES string of the molecule is Cn1nc(-c2cccc([N+](=O)[O-])c2)nc1SCC(=O)O. The van der Waals surface area contributed by atoms with Gasteiger partial charge in [0.05, 0.1) is 10.7 Å². The molecule has 0 radical (unpaired) electrons. The molecule has 2 rings (SSSR count). The fraction of sp³-hybridized carbons (Fsp3) is 0.182. The molecule has 0 aliphatic rings. The summed E-state index contributed by atoms with van der Waals surface area (Å²) in [5.41, 5.74) is 0.465. The Morgan fingerprint density at radius 1 is 1.55 bits per heavy atom. The lowest BCUT2D eigenvalue weighted by atomic mass is 10.2. The van der Waals surface area contributed by atoms with Crippen molar-refractivity contribution in [2.24, 2.45) is 7.05 Å². The number of carboxylic acid groups (broad SMARTS) is 1. The van der Waals surface area contributed by atoms with Crippen LogP contribution in [0.5, 0.6) is 0 Å². The van der Waals surface area contributed by atoms with E-state index in [2.05, 4.69) is 10.1 Å². The van der Waals surface area contributed by atoms with Gasteiger partial charge in [-0.3, -0.25) is 14.9 Å². The molecule has 0 bridgehead atoms. The molecule has 104 valence electrons. The number of aromatic nitrogens is 3. The Morgan fingerprint density at radius 2 is 2.30 bits per heavy atom. The molecule has 1 heterocycles. The van der Waals surface area contributed by atoms with E-state index in [4.69, 9.17) is 5.11 Å². The zero-order valence-electron chi connectivity index (χ0n) is 10.4. The minimum atomic E-state index is -0.949. The lowest BCUT2D eigenvalue weighted by Crippen LogP contribution is -2.00. The molecule has 20 heavy (non-hydrogen) atoms. The van der Waals surface area contributed by atoms with Crippen LogP contribution in [0.2, 0.25) is 0 Å². The highest BCUT2D eigenvalue weighted by atomic mass is 32.2. The van der Waals surface area contributed by atoms with Crippen molar-refractivity contribution in [3.63, 3.8) is 0 Å². The topological polar surface area (TPSA) is 111 Å². The van der Waals surface area contributed by atoms with Crippen molar-refractivity contribution in [3.05, 3.63) is 34.4 Å². The Labute approximate surface area is 117 Å². The lowest BCUT2D eigenvalue weighted by Gasteiger charge is -1.95. The Bertz CT molecular complexity index is 670. The van der Waals surface area contributed by atoms with Crippen LogP contribution >= 0.6 is 11.8 Å². The van der Waals surface area contributed by atoms with Crippen molar-refractivity contribution in [1.29, 1.82) is 0 Å². The van der Waals surface area contributed by atoms with E-state index in [0.717, 1.165) is 11.8 Å². The smallest absolute Gasteiger partial charge is 0.313 e. The molecular formula is C11H10N4O4S. The van der Waals surface area contributed by atoms with Gasteiger partial charge >= 0.3 is 5.97 Å². The summed E-state index contributed by atoms with van der Waals surface area (Å²) in [7, 11) is 1.64. The number of nitro benzene ring substituents is 1. The van der Waals surface area contributed by atoms with Crippen LogP contribution in [0, 0.1) is 10.1 Å². The van der Waals surface area contributed by atoms with Crippen LogP contribution in [0.3, 0.4) is 0 Å². The highest BCUT2D eigenvalue weighted by molar-refractivity contribution is 7.99. The van der Waals surface area contributed by atoms with Crippen LogP contribution in [-0.2, 0) is 11.8 Å². The van der Waals surface area contributed by atoms with Gasteiger partial charge < -0.3 is 5.11 Å². The average molecular weight is 294 g/mol. The van der Waals surface area contributed by atoms with Gasteiger partial charge in [0.1, 0.15) is 0 Å². The Morgan fingerprint density at radius 3 is 2.95 bits per heavy atom. The van der Waals surface area contributed by atoms with E-state index in [1.165, 1.54) is 16.8 Å². The first kappa shape index (κ1) is 14.0. The van der Waals surface area contributed by atoms with E-state index >= 15 is 0 Å². The molecule has 1 aromatic heterocycles. The van der Waals surface area contributed by atoms with Gasteiger partial charge in [-0.05, 0) is 0 Å². The zero-order valence-corrected chi connectivity index (χ0v) is 11.2. The van der Waals surface area contributed by atoms with Crippen molar-refractivity contribution in [1.82, 2.24) is 14.8 Å². The van der Waals surface area contributed by atoms with Gasteiger partial charge in [0, 0.05) is 24.7 Å². The fourth-order valence-corrected chi connectivity index (χ4v) is 2.13. The van der Waals surface area contributed by atoms with E-state index in [-0.39, 0.29) is 11.4 Å². The zero-order chi connectivity index (χ0) is 14.7. The number of nitrogens with zero attached hydrogens (tertiary/aromatic N) is 4. The summed E-state index contributed by atoms with van der Waals surface area (Å²) in [6, 6.07) is 5.97. The molecule has 1 N–H and O–H groups in total. The summed E-state index contributed by atoms with van der Waals surface area (Å²) in [4.78, 5) is 24.9. The van der Waals surface area contributed by atoms with Crippen molar-refractivity contribution in [2.45, 2.75) is 5.16 Å². The third kappa shape index (κ3) is 3.12. The normalized spacial score (nSPS) is 10.4. The number of aliphatic carboxylic acids is 1. The summed E-state index contributed by atoms with van der Waals surface area (Å²) < 4.78 is 1.45. The molecule has 2 aromatic rings. The Balaban J connectivity index is 2.29. The number of benzene rings is 1. The molecule has 0 fully saturated rings. The molecule has 0 amide bonds. The largest absolute Gasteiger partial charge is 0.481 e. The summed E-state index contributed by atoms with van der Waals surface area (Å²) in [6.45, 7) is 0. The van der Waals surface area contributed by atoms with E-state index in [1.54, 1.807) is 19.2 Å². The number of hydrogen-bond donors (Lipinski definition) is 1. The second-order valence-electron chi connectivity index (χ2n) is 3.83. The molecule has 9 heteroatoms. The first-order chi connectivity index (χ1) is 9.47. The Hall–Kier alpha value is -2.42. The maximum Gasteiger partial charge on any atom is 0.313 e. The number of thioether (sulfide) groups is 1. The molecular weight excluding hydrogens is 284 g/mol. The van der Waals surface area contributed by atoms with Gasteiger partial charge in [0.15, 0.2) is 11.0 Å².